The predicted octanol–water partition coefficient (Wildman–Crippen LogP) is 2.65. The molecule has 2 fully saturated rings. The second kappa shape index (κ2) is 10.8. The molecule has 0 aromatic carbocycles. The van der Waals surface area contributed by atoms with Crippen LogP contribution in [-0.2, 0) is 0 Å². The summed E-state index contributed by atoms with van der Waals surface area (Å²) < 4.78 is 14.7. The van der Waals surface area contributed by atoms with Crippen LogP contribution in [0, 0.1) is 5.82 Å². The van der Waals surface area contributed by atoms with Crippen LogP contribution in [0.1, 0.15) is 48.9 Å². The number of halogens is 1. The normalized spacial score (nSPS) is 21.0. The van der Waals surface area contributed by atoms with Crippen LogP contribution in [-0.4, -0.2) is 59.0 Å². The lowest BCUT2D eigenvalue weighted by Gasteiger charge is -2.30. The van der Waals surface area contributed by atoms with Crippen molar-refractivity contribution in [2.24, 2.45) is 11.5 Å². The molecule has 2 aliphatic rings. The van der Waals surface area contributed by atoms with Crippen LogP contribution in [0.5, 0.6) is 0 Å². The predicted molar refractivity (Wildman–Crippen MR) is 128 cm³/mol. The summed E-state index contributed by atoms with van der Waals surface area (Å²) in [6.07, 6.45) is 8.01. The lowest BCUT2D eigenvalue weighted by Crippen LogP contribution is -2.43. The van der Waals surface area contributed by atoms with Crippen molar-refractivity contribution in [2.75, 3.05) is 42.1 Å². The Balaban J connectivity index is 1.43. The molecule has 178 valence electrons. The first-order chi connectivity index (χ1) is 16.0. The number of nitrogens with zero attached hydrogens (tertiary/aromatic N) is 3. The van der Waals surface area contributed by atoms with Crippen molar-refractivity contribution in [1.29, 1.82) is 0 Å². The third kappa shape index (κ3) is 6.08. The Morgan fingerprint density at radius 3 is 2.64 bits per heavy atom. The molecular formula is C23H33FN8O. The second-order valence-electron chi connectivity index (χ2n) is 8.81. The Hall–Kier alpha value is -2.98. The van der Waals surface area contributed by atoms with Crippen LogP contribution < -0.4 is 27.4 Å². The molecule has 1 aliphatic carbocycles. The summed E-state index contributed by atoms with van der Waals surface area (Å²) in [5.74, 6) is -0.415. The van der Waals surface area contributed by atoms with Crippen LogP contribution in [0.3, 0.4) is 0 Å². The van der Waals surface area contributed by atoms with Crippen LogP contribution in [0.2, 0.25) is 0 Å². The van der Waals surface area contributed by atoms with Gasteiger partial charge in [-0.3, -0.25) is 4.79 Å². The fourth-order valence-corrected chi connectivity index (χ4v) is 4.44. The maximum absolute atomic E-state index is 14.7. The van der Waals surface area contributed by atoms with Crippen LogP contribution in [0.25, 0.3) is 0 Å². The Labute approximate surface area is 193 Å². The maximum Gasteiger partial charge on any atom is 0.252 e. The Bertz CT molecular complexity index is 948. The summed E-state index contributed by atoms with van der Waals surface area (Å²) in [5, 5.41) is 9.48. The van der Waals surface area contributed by atoms with E-state index in [-0.39, 0.29) is 29.3 Å². The molecule has 0 radical (unpaired) electrons. The van der Waals surface area contributed by atoms with Gasteiger partial charge in [0.15, 0.2) is 11.6 Å². The van der Waals surface area contributed by atoms with E-state index in [4.69, 9.17) is 11.5 Å². The average Bonchev–Trinajstić information content (AvgIpc) is 3.32. The van der Waals surface area contributed by atoms with E-state index in [2.05, 4.69) is 30.8 Å². The SMILES string of the molecule is NC(=O)c1cc(F)c(NC2CCCC[C@@H]2N)nc1Nc1ccc(NCCN2CCCC2)nc1. The molecule has 4 rings (SSSR count). The van der Waals surface area contributed by atoms with Crippen molar-refractivity contribution in [1.82, 2.24) is 14.9 Å². The lowest BCUT2D eigenvalue weighted by molar-refractivity contribution is 0.100. The molecule has 0 spiro atoms. The minimum absolute atomic E-state index is 0.0289. The van der Waals surface area contributed by atoms with Crippen molar-refractivity contribution >= 4 is 29.0 Å². The Morgan fingerprint density at radius 1 is 1.15 bits per heavy atom. The Morgan fingerprint density at radius 2 is 1.94 bits per heavy atom. The van der Waals surface area contributed by atoms with Crippen LogP contribution in [0.15, 0.2) is 24.4 Å². The molecule has 9 nitrogen and oxygen atoms in total. The molecule has 2 aromatic heterocycles. The zero-order valence-electron chi connectivity index (χ0n) is 18.8. The minimum atomic E-state index is -0.766. The van der Waals surface area contributed by atoms with E-state index < -0.39 is 11.7 Å². The summed E-state index contributed by atoms with van der Waals surface area (Å²) >= 11 is 0. The zero-order valence-corrected chi connectivity index (χ0v) is 18.8. The number of nitrogens with one attached hydrogen (secondary N) is 3. The molecule has 1 saturated carbocycles. The molecule has 33 heavy (non-hydrogen) atoms. The number of likely N-dealkylation sites (tertiary alicyclic amines) is 1. The molecule has 1 amide bonds. The van der Waals surface area contributed by atoms with Gasteiger partial charge in [-0.1, -0.05) is 12.8 Å². The van der Waals surface area contributed by atoms with Gasteiger partial charge in [-0.25, -0.2) is 14.4 Å². The first kappa shape index (κ1) is 23.2. The lowest BCUT2D eigenvalue weighted by atomic mass is 9.91. The maximum atomic E-state index is 14.7. The van der Waals surface area contributed by atoms with Crippen LogP contribution >= 0.6 is 0 Å². The highest BCUT2D eigenvalue weighted by Crippen LogP contribution is 2.26. The van der Waals surface area contributed by atoms with E-state index in [1.54, 1.807) is 6.20 Å². The fraction of sp³-hybridized carbons (Fsp3) is 0.522. The van der Waals surface area contributed by atoms with E-state index >= 15 is 0 Å². The van der Waals surface area contributed by atoms with Gasteiger partial charge in [0.05, 0.1) is 17.4 Å². The first-order valence-electron chi connectivity index (χ1n) is 11.7. The third-order valence-corrected chi connectivity index (χ3v) is 6.34. The van der Waals surface area contributed by atoms with E-state index in [1.807, 2.05) is 12.1 Å². The number of carbonyl (C=O) groups excluding carboxylic acids is 1. The summed E-state index contributed by atoms with van der Waals surface area (Å²) in [6.45, 7) is 4.13. The molecule has 2 aromatic rings. The quantitative estimate of drug-likeness (QED) is 0.389. The van der Waals surface area contributed by atoms with E-state index in [9.17, 15) is 9.18 Å². The number of anilines is 4. The molecule has 1 saturated heterocycles. The van der Waals surface area contributed by atoms with Gasteiger partial charge in [-0.05, 0) is 57.0 Å². The molecule has 1 unspecified atom stereocenters. The number of nitrogens with two attached hydrogens (primary N) is 2. The standard InChI is InChI=1S/C23H33FN8O/c24-17-13-16(21(26)33)22(31-23(17)30-19-6-2-1-5-18(19)25)29-15-7-8-20(28-14-15)27-9-12-32-10-3-4-11-32/h7-8,13-14,18-19H,1-6,9-12,25H2,(H2,26,33)(H,27,28)(H2,29,30,31)/t18-,19?/m0/s1. The Kier molecular flexibility index (Phi) is 7.56. The average molecular weight is 457 g/mol. The van der Waals surface area contributed by atoms with Crippen molar-refractivity contribution in [3.8, 4) is 0 Å². The monoisotopic (exact) mass is 456 g/mol. The van der Waals surface area contributed by atoms with Crippen molar-refractivity contribution in [3.05, 3.63) is 35.8 Å². The summed E-state index contributed by atoms with van der Waals surface area (Å²) in [7, 11) is 0. The minimum Gasteiger partial charge on any atom is -0.369 e. The van der Waals surface area contributed by atoms with Gasteiger partial charge in [-0.15, -0.1) is 0 Å². The van der Waals surface area contributed by atoms with Gasteiger partial charge in [-0.2, -0.15) is 0 Å². The van der Waals surface area contributed by atoms with E-state index in [0.717, 1.165) is 63.7 Å². The molecular weight excluding hydrogens is 423 g/mol. The zero-order chi connectivity index (χ0) is 23.2. The molecule has 3 heterocycles. The topological polar surface area (TPSA) is 134 Å². The summed E-state index contributed by atoms with van der Waals surface area (Å²) in [6, 6.07) is 4.64. The highest BCUT2D eigenvalue weighted by Gasteiger charge is 2.24. The molecule has 2 atom stereocenters. The second-order valence-corrected chi connectivity index (χ2v) is 8.81. The first-order valence-corrected chi connectivity index (χ1v) is 11.7. The largest absolute Gasteiger partial charge is 0.369 e. The fourth-order valence-electron chi connectivity index (χ4n) is 4.44. The van der Waals surface area contributed by atoms with E-state index in [0.29, 0.717) is 5.69 Å². The number of rotatable bonds is 9. The van der Waals surface area contributed by atoms with Crippen LogP contribution in [0.4, 0.5) is 27.5 Å². The smallest absolute Gasteiger partial charge is 0.252 e. The number of hydrogen-bond acceptors (Lipinski definition) is 8. The van der Waals surface area contributed by atoms with Gasteiger partial charge in [0.25, 0.3) is 5.91 Å². The summed E-state index contributed by atoms with van der Waals surface area (Å²) in [4.78, 5) is 23.1. The highest BCUT2D eigenvalue weighted by molar-refractivity contribution is 5.98. The van der Waals surface area contributed by atoms with Gasteiger partial charge in [0.1, 0.15) is 11.6 Å². The van der Waals surface area contributed by atoms with Gasteiger partial charge in [0.2, 0.25) is 0 Å². The van der Waals surface area contributed by atoms with Crippen molar-refractivity contribution in [3.63, 3.8) is 0 Å². The number of amides is 1. The molecule has 10 heteroatoms. The number of pyridine rings is 2. The van der Waals surface area contributed by atoms with Gasteiger partial charge >= 0.3 is 0 Å². The van der Waals surface area contributed by atoms with Gasteiger partial charge < -0.3 is 32.3 Å². The van der Waals surface area contributed by atoms with Crippen molar-refractivity contribution in [2.45, 2.75) is 50.6 Å². The van der Waals surface area contributed by atoms with Gasteiger partial charge in [0, 0.05) is 25.2 Å². The number of hydrogen-bond donors (Lipinski definition) is 5. The molecule has 7 N–H and O–H groups in total. The highest BCUT2D eigenvalue weighted by atomic mass is 19.1. The third-order valence-electron chi connectivity index (χ3n) is 6.34. The number of primary amides is 1. The van der Waals surface area contributed by atoms with E-state index in [1.165, 1.54) is 12.8 Å². The number of carbonyl (C=O) groups is 1. The molecule has 0 bridgehead atoms. The molecule has 1 aliphatic heterocycles. The number of aromatic nitrogens is 2. The summed E-state index contributed by atoms with van der Waals surface area (Å²) in [5.41, 5.74) is 12.2. The van der Waals surface area contributed by atoms with Crippen molar-refractivity contribution < 1.29 is 9.18 Å².